The Morgan fingerprint density at radius 3 is 2.12 bits per heavy atom. The smallest absolute Gasteiger partial charge is 0.198 e. The molecule has 0 atom stereocenters. The number of hydrogen-bond donors (Lipinski definition) is 3. The molecule has 1 aliphatic carbocycles. The van der Waals surface area contributed by atoms with E-state index >= 15 is 0 Å². The second kappa shape index (κ2) is 6.04. The van der Waals surface area contributed by atoms with Crippen molar-refractivity contribution >= 4 is 35.6 Å². The van der Waals surface area contributed by atoms with Gasteiger partial charge in [-0.15, -0.1) is 12.6 Å². The number of benzene rings is 3. The van der Waals surface area contributed by atoms with Crippen LogP contribution in [0, 0.1) is 6.92 Å². The van der Waals surface area contributed by atoms with Crippen LogP contribution < -0.4 is 5.32 Å². The monoisotopic (exact) mass is 361 g/mol. The molecule has 2 N–H and O–H groups in total. The molecule has 1 aliphatic rings. The van der Waals surface area contributed by atoms with Crippen molar-refractivity contribution in [3.63, 3.8) is 0 Å². The number of rotatable bonds is 2. The first-order valence-electron chi connectivity index (χ1n) is 8.08. The minimum Gasteiger partial charge on any atom is -0.507 e. The van der Waals surface area contributed by atoms with Gasteiger partial charge in [0.1, 0.15) is 5.75 Å². The predicted molar refractivity (Wildman–Crippen MR) is 103 cm³/mol. The van der Waals surface area contributed by atoms with Crippen LogP contribution >= 0.6 is 12.6 Å². The van der Waals surface area contributed by atoms with Gasteiger partial charge in [0, 0.05) is 16.0 Å². The van der Waals surface area contributed by atoms with Crippen LogP contribution in [-0.4, -0.2) is 16.7 Å². The van der Waals surface area contributed by atoms with Gasteiger partial charge in [-0.25, -0.2) is 0 Å². The second-order valence-corrected chi connectivity index (χ2v) is 6.71. The van der Waals surface area contributed by atoms with Gasteiger partial charge in [0.15, 0.2) is 11.6 Å². The van der Waals surface area contributed by atoms with E-state index in [2.05, 4.69) is 17.9 Å². The molecule has 0 bridgehead atoms. The summed E-state index contributed by atoms with van der Waals surface area (Å²) in [6, 6.07) is 15.4. The summed E-state index contributed by atoms with van der Waals surface area (Å²) in [6.07, 6.45) is 0. The molecule has 0 unspecified atom stereocenters. The van der Waals surface area contributed by atoms with Gasteiger partial charge in [0.2, 0.25) is 0 Å². The molecule has 4 nitrogen and oxygen atoms in total. The molecule has 0 radical (unpaired) electrons. The number of hydrogen-bond acceptors (Lipinski definition) is 5. The van der Waals surface area contributed by atoms with Crippen LogP contribution in [-0.2, 0) is 0 Å². The maximum atomic E-state index is 13.0. The van der Waals surface area contributed by atoms with E-state index in [1.54, 1.807) is 30.3 Å². The topological polar surface area (TPSA) is 66.4 Å². The summed E-state index contributed by atoms with van der Waals surface area (Å²) in [5, 5.41) is 13.4. The van der Waals surface area contributed by atoms with Crippen LogP contribution in [0.5, 0.6) is 5.75 Å². The molecule has 0 aliphatic heterocycles. The maximum Gasteiger partial charge on any atom is 0.198 e. The molecule has 0 amide bonds. The maximum absolute atomic E-state index is 13.0. The molecule has 0 fully saturated rings. The van der Waals surface area contributed by atoms with Crippen LogP contribution in [0.25, 0.3) is 0 Å². The summed E-state index contributed by atoms with van der Waals surface area (Å²) >= 11 is 4.47. The van der Waals surface area contributed by atoms with Gasteiger partial charge in [-0.1, -0.05) is 30.3 Å². The number of aromatic hydroxyl groups is 1. The average Bonchev–Trinajstić information content (AvgIpc) is 2.63. The molecule has 0 saturated heterocycles. The highest BCUT2D eigenvalue weighted by atomic mass is 32.1. The number of nitrogens with one attached hydrogen (secondary N) is 1. The molecule has 4 rings (SSSR count). The van der Waals surface area contributed by atoms with E-state index in [4.69, 9.17) is 0 Å². The highest BCUT2D eigenvalue weighted by molar-refractivity contribution is 7.80. The largest absolute Gasteiger partial charge is 0.507 e. The van der Waals surface area contributed by atoms with Gasteiger partial charge in [0.05, 0.1) is 22.5 Å². The van der Waals surface area contributed by atoms with E-state index in [1.807, 2.05) is 25.1 Å². The summed E-state index contributed by atoms with van der Waals surface area (Å²) in [5.74, 6) is -0.846. The summed E-state index contributed by atoms with van der Waals surface area (Å²) in [6.45, 7) is 1.96. The van der Waals surface area contributed by atoms with Crippen molar-refractivity contribution in [1.29, 1.82) is 0 Å². The second-order valence-electron chi connectivity index (χ2n) is 6.23. The number of phenolic OH excluding ortho intramolecular Hbond substituents is 1. The fraction of sp³-hybridized carbons (Fsp3) is 0.0476. The third-order valence-electron chi connectivity index (χ3n) is 4.48. The summed E-state index contributed by atoms with van der Waals surface area (Å²) < 4.78 is 0. The highest BCUT2D eigenvalue weighted by Gasteiger charge is 2.34. The van der Waals surface area contributed by atoms with Gasteiger partial charge < -0.3 is 10.4 Å². The minimum atomic E-state index is -0.355. The zero-order valence-corrected chi connectivity index (χ0v) is 14.8. The number of ketones is 2. The Morgan fingerprint density at radius 2 is 1.46 bits per heavy atom. The fourth-order valence-electron chi connectivity index (χ4n) is 3.20. The van der Waals surface area contributed by atoms with Gasteiger partial charge in [-0.05, 0) is 36.8 Å². The van der Waals surface area contributed by atoms with Crippen LogP contribution in [0.2, 0.25) is 0 Å². The third kappa shape index (κ3) is 2.48. The van der Waals surface area contributed by atoms with E-state index in [1.165, 1.54) is 6.07 Å². The Kier molecular flexibility index (Phi) is 3.81. The summed E-state index contributed by atoms with van der Waals surface area (Å²) in [7, 11) is 0. The number of fused-ring (bicyclic) bond motifs is 2. The Morgan fingerprint density at radius 1 is 0.846 bits per heavy atom. The lowest BCUT2D eigenvalue weighted by molar-refractivity contribution is 0.0977. The lowest BCUT2D eigenvalue weighted by Gasteiger charge is -2.22. The Balaban J connectivity index is 1.89. The van der Waals surface area contributed by atoms with Crippen LogP contribution in [0.4, 0.5) is 11.4 Å². The normalized spacial score (nSPS) is 12.5. The van der Waals surface area contributed by atoms with Crippen molar-refractivity contribution in [2.75, 3.05) is 5.32 Å². The number of thiol groups is 1. The summed E-state index contributed by atoms with van der Waals surface area (Å²) in [5.41, 5.74) is 3.11. The van der Waals surface area contributed by atoms with Gasteiger partial charge in [-0.2, -0.15) is 0 Å². The Labute approximate surface area is 155 Å². The number of carbonyl (C=O) groups is 2. The number of carbonyl (C=O) groups excluding carboxylic acids is 2. The molecule has 0 aromatic heterocycles. The number of anilines is 2. The SMILES string of the molecule is Cc1ccc(Nc2ccc(O)c3c2C(=O)c2ccccc2C3=O)c(S)c1. The van der Waals surface area contributed by atoms with Gasteiger partial charge in [0.25, 0.3) is 0 Å². The van der Waals surface area contributed by atoms with E-state index in [-0.39, 0.29) is 28.4 Å². The first kappa shape index (κ1) is 16.4. The summed E-state index contributed by atoms with van der Waals surface area (Å²) in [4.78, 5) is 26.6. The molecule has 128 valence electrons. The molecule has 0 saturated carbocycles. The van der Waals surface area contributed by atoms with Crippen LogP contribution in [0.15, 0.2) is 59.5 Å². The standard InChI is InChI=1S/C21H15NO3S/c1-11-6-7-14(17(26)10-11)22-15-8-9-16(23)19-18(15)20(24)12-4-2-3-5-13(12)21(19)25/h2-10,22-23,26H,1H3. The number of aryl methyl sites for hydroxylation is 1. The third-order valence-corrected chi connectivity index (χ3v) is 4.85. The first-order chi connectivity index (χ1) is 12.5. The predicted octanol–water partition coefficient (Wildman–Crippen LogP) is 4.51. The molecule has 26 heavy (non-hydrogen) atoms. The molecule has 0 heterocycles. The quantitative estimate of drug-likeness (QED) is 0.363. The van der Waals surface area contributed by atoms with Crippen LogP contribution in [0.1, 0.15) is 37.4 Å². The molecule has 3 aromatic rings. The van der Waals surface area contributed by atoms with E-state index in [0.717, 1.165) is 10.5 Å². The van der Waals surface area contributed by atoms with Crippen molar-refractivity contribution in [2.45, 2.75) is 11.8 Å². The molecular formula is C21H15NO3S. The van der Waals surface area contributed by atoms with Gasteiger partial charge in [-0.3, -0.25) is 9.59 Å². The zero-order valence-electron chi connectivity index (χ0n) is 13.9. The van der Waals surface area contributed by atoms with Crippen molar-refractivity contribution in [2.24, 2.45) is 0 Å². The Bertz CT molecular complexity index is 1090. The van der Waals surface area contributed by atoms with Crippen molar-refractivity contribution < 1.29 is 14.7 Å². The molecule has 5 heteroatoms. The number of phenols is 1. The van der Waals surface area contributed by atoms with E-state index in [0.29, 0.717) is 22.5 Å². The lowest BCUT2D eigenvalue weighted by atomic mass is 9.82. The Hall–Kier alpha value is -3.05. The average molecular weight is 361 g/mol. The van der Waals surface area contributed by atoms with E-state index in [9.17, 15) is 14.7 Å². The molecular weight excluding hydrogens is 346 g/mol. The minimum absolute atomic E-state index is 0.0338. The fourth-order valence-corrected chi connectivity index (χ4v) is 3.54. The van der Waals surface area contributed by atoms with Gasteiger partial charge >= 0.3 is 0 Å². The zero-order chi connectivity index (χ0) is 18.4. The highest BCUT2D eigenvalue weighted by Crippen LogP contribution is 2.38. The lowest BCUT2D eigenvalue weighted by Crippen LogP contribution is -2.22. The van der Waals surface area contributed by atoms with Crippen LogP contribution in [0.3, 0.4) is 0 Å². The first-order valence-corrected chi connectivity index (χ1v) is 8.53. The van der Waals surface area contributed by atoms with Crippen molar-refractivity contribution in [3.8, 4) is 5.75 Å². The van der Waals surface area contributed by atoms with Crippen molar-refractivity contribution in [3.05, 3.63) is 82.4 Å². The molecule has 3 aromatic carbocycles. The van der Waals surface area contributed by atoms with Crippen molar-refractivity contribution in [1.82, 2.24) is 0 Å². The molecule has 0 spiro atoms. The van der Waals surface area contributed by atoms with E-state index < -0.39 is 0 Å².